The molecular weight excluding hydrogens is 254 g/mol. The Balaban J connectivity index is -0.0000000546. The van der Waals surface area contributed by atoms with Gasteiger partial charge in [-0.05, 0) is 6.42 Å². The summed E-state index contributed by atoms with van der Waals surface area (Å²) in [5.41, 5.74) is 0. The zero-order chi connectivity index (χ0) is 9.49. The second kappa shape index (κ2) is 14.6. The Bertz CT molecular complexity index is 193. The van der Waals surface area contributed by atoms with Crippen LogP contribution >= 0.6 is 0 Å². The number of hydrogen-bond acceptors (Lipinski definition) is 5. The first-order valence-electron chi connectivity index (χ1n) is 2.65. The molecule has 0 bridgehead atoms. The number of carbonyl (C=O) groups excluding carboxylic acids is 1. The maximum absolute atomic E-state index is 9.49. The normalized spacial score (nSPS) is 8.23. The van der Waals surface area contributed by atoms with Gasteiger partial charge in [-0.1, -0.05) is 13.3 Å². The number of carboxylic acid groups (broad SMARTS) is 1. The molecule has 0 rings (SSSR count). The summed E-state index contributed by atoms with van der Waals surface area (Å²) in [5.74, 6) is -0.961. The first kappa shape index (κ1) is 24.7. The molecule has 0 amide bonds. The molecule has 0 radical (unpaired) electrons. The quantitative estimate of drug-likeness (QED) is 0.300. The Morgan fingerprint density at radius 1 is 1.38 bits per heavy atom. The second-order valence-electron chi connectivity index (χ2n) is 1.55. The summed E-state index contributed by atoms with van der Waals surface area (Å²) in [6.07, 6.45) is 0.850. The van der Waals surface area contributed by atoms with Crippen LogP contribution in [0.5, 0.6) is 0 Å². The van der Waals surface area contributed by atoms with E-state index in [2.05, 4.69) is 0 Å². The molecule has 1 N–H and O–H groups in total. The largest absolute Gasteiger partial charge is 1.00 e. The van der Waals surface area contributed by atoms with E-state index < -0.39 is 16.4 Å². The fourth-order valence-electron chi connectivity index (χ4n) is 0.204. The average molecular weight is 262 g/mol. The average Bonchev–Trinajstić information content (AvgIpc) is 1.58. The van der Waals surface area contributed by atoms with Crippen molar-refractivity contribution < 1.29 is 130 Å². The number of carboxylic acids is 1. The number of carbonyl (C=O) groups is 1. The van der Waals surface area contributed by atoms with Gasteiger partial charge in [-0.3, -0.25) is 4.55 Å². The minimum Gasteiger partial charge on any atom is -0.726 e. The van der Waals surface area contributed by atoms with Crippen molar-refractivity contribution in [1.82, 2.24) is 0 Å². The van der Waals surface area contributed by atoms with E-state index in [1.807, 2.05) is 0 Å². The van der Waals surface area contributed by atoms with Gasteiger partial charge >= 0.3 is 103 Å². The van der Waals surface area contributed by atoms with Crippen LogP contribution in [-0.4, -0.2) is 23.5 Å². The van der Waals surface area contributed by atoms with Crippen molar-refractivity contribution in [3.05, 3.63) is 0 Å². The van der Waals surface area contributed by atoms with Gasteiger partial charge in [-0.2, -0.15) is 0 Å². The monoisotopic (exact) mass is 262 g/mol. The Morgan fingerprint density at radius 2 is 1.62 bits per heavy atom. The fraction of sp³-hybridized carbons (Fsp3) is 0.750. The zero-order valence-electron chi connectivity index (χ0n) is 7.81. The summed E-state index contributed by atoms with van der Waals surface area (Å²) in [6.45, 7) is 1.80. The molecule has 0 aliphatic heterocycles. The van der Waals surface area contributed by atoms with Crippen LogP contribution in [0.3, 0.4) is 0 Å². The first-order valence-corrected chi connectivity index (χ1v) is 4.02. The Hall–Kier alpha value is 2.61. The molecule has 0 saturated heterocycles. The van der Waals surface area contributed by atoms with Gasteiger partial charge in [-0.25, -0.2) is 8.42 Å². The van der Waals surface area contributed by atoms with Gasteiger partial charge in [0.25, 0.3) is 0 Å². The van der Waals surface area contributed by atoms with Crippen molar-refractivity contribution in [2.75, 3.05) is 0 Å². The Kier molecular flexibility index (Phi) is 27.8. The maximum Gasteiger partial charge on any atom is 1.00 e. The van der Waals surface area contributed by atoms with Crippen LogP contribution in [0, 0.1) is 0 Å². The zero-order valence-corrected chi connectivity index (χ0v) is 14.9. The predicted octanol–water partition coefficient (Wildman–Crippen LogP) is -7.45. The molecule has 0 saturated carbocycles. The summed E-state index contributed by atoms with van der Waals surface area (Å²) < 4.78 is 32.8. The van der Waals surface area contributed by atoms with Crippen LogP contribution in [0.1, 0.15) is 19.8 Å². The maximum atomic E-state index is 9.49. The molecule has 0 aromatic carbocycles. The van der Waals surface area contributed by atoms with Crippen LogP contribution in [0.25, 0.3) is 0 Å². The van der Waals surface area contributed by atoms with Crippen molar-refractivity contribution in [2.24, 2.45) is 0 Å². The molecule has 0 fully saturated rings. The molecule has 0 aliphatic rings. The van der Waals surface area contributed by atoms with Gasteiger partial charge in [0.2, 0.25) is 10.4 Å². The van der Waals surface area contributed by atoms with E-state index in [0.717, 1.165) is 0 Å². The minimum atomic E-state index is -4.92. The van der Waals surface area contributed by atoms with Crippen molar-refractivity contribution in [1.29, 1.82) is 0 Å². The Labute approximate surface area is 162 Å². The van der Waals surface area contributed by atoms with Gasteiger partial charge in [0, 0.05) is 5.97 Å². The van der Waals surface area contributed by atoms with Crippen molar-refractivity contribution in [3.63, 3.8) is 0 Å². The van der Waals surface area contributed by atoms with Gasteiger partial charge in [0.15, 0.2) is 0 Å². The van der Waals surface area contributed by atoms with Crippen LogP contribution < -0.4 is 108 Å². The van der Waals surface area contributed by atoms with Gasteiger partial charge in [0.05, 0.1) is 0 Å². The summed E-state index contributed by atoms with van der Waals surface area (Å²) in [5, 5.41) is 9.49. The van der Waals surface area contributed by atoms with Crippen LogP contribution in [0.4, 0.5) is 0 Å². The van der Waals surface area contributed by atoms with E-state index >= 15 is 0 Å². The molecule has 0 aromatic rings. The van der Waals surface area contributed by atoms with E-state index in [0.29, 0.717) is 6.42 Å². The van der Waals surface area contributed by atoms with Gasteiger partial charge < -0.3 is 14.5 Å². The summed E-state index contributed by atoms with van der Waals surface area (Å²) >= 11 is 0. The van der Waals surface area contributed by atoms with Crippen LogP contribution in [0.2, 0.25) is 0 Å². The molecule has 0 atom stereocenters. The predicted molar refractivity (Wildman–Crippen MR) is 32.2 cm³/mol. The van der Waals surface area contributed by atoms with E-state index in [4.69, 9.17) is 17.5 Å². The third kappa shape index (κ3) is 73.8. The molecule has 0 heterocycles. The smallest absolute Gasteiger partial charge is 0.726 e. The number of rotatable bonds is 2. The fourth-order valence-corrected chi connectivity index (χ4v) is 0.204. The van der Waals surface area contributed by atoms with E-state index in [1.54, 1.807) is 6.92 Å². The van der Waals surface area contributed by atoms with Crippen LogP contribution in [-0.2, 0) is 15.2 Å². The third-order valence-corrected chi connectivity index (χ3v) is 0.454. The Morgan fingerprint density at radius 3 is 1.62 bits per heavy atom. The summed E-state index contributed by atoms with van der Waals surface area (Å²) in [4.78, 5) is 9.49. The van der Waals surface area contributed by atoms with Crippen molar-refractivity contribution in [3.8, 4) is 0 Å². The molecule has 0 spiro atoms. The summed E-state index contributed by atoms with van der Waals surface area (Å²) in [7, 11) is -4.92. The molecule has 68 valence electrons. The molecule has 0 aliphatic carbocycles. The minimum absolute atomic E-state index is 0. The van der Waals surface area contributed by atoms with E-state index in [9.17, 15) is 9.90 Å². The summed E-state index contributed by atoms with van der Waals surface area (Å²) in [6, 6.07) is 0. The van der Waals surface area contributed by atoms with Crippen LogP contribution in [0.15, 0.2) is 0 Å². The van der Waals surface area contributed by atoms with Gasteiger partial charge in [0.1, 0.15) is 0 Å². The molecule has 0 aromatic heterocycles. The molecule has 0 unspecified atom stereocenters. The topological polar surface area (TPSA) is 118 Å². The second-order valence-corrected chi connectivity index (χ2v) is 2.41. The van der Waals surface area contributed by atoms with Gasteiger partial charge in [-0.15, -0.1) is 0 Å². The number of hydrogen-bond donors (Lipinski definition) is 1. The molecular formula is C4H8K2O6S. The molecule has 6 nitrogen and oxygen atoms in total. The van der Waals surface area contributed by atoms with Crippen molar-refractivity contribution >= 4 is 16.4 Å². The standard InChI is InChI=1S/C4H8O2.2K.H2O4S/c1-2-3-4(5)6;;;1-5(2,3)4/h2-3H2,1H3,(H,5,6);;;(H2,1,2,3,4)/q;2*+1;/p-2. The molecule has 9 heteroatoms. The molecule has 13 heavy (non-hydrogen) atoms. The first-order chi connectivity index (χ1) is 4.77. The van der Waals surface area contributed by atoms with E-state index in [1.165, 1.54) is 0 Å². The van der Waals surface area contributed by atoms with E-state index in [-0.39, 0.29) is 109 Å². The SMILES string of the molecule is CCCC(=O)[O-].O=S(=O)([O-])O.[K+].[K+]. The van der Waals surface area contributed by atoms with Crippen molar-refractivity contribution in [2.45, 2.75) is 19.8 Å². The number of aliphatic carboxylic acids is 1. The third-order valence-electron chi connectivity index (χ3n) is 0.454.